The molecule has 0 saturated heterocycles. The van der Waals surface area contributed by atoms with Crippen molar-refractivity contribution >= 4 is 15.9 Å². The van der Waals surface area contributed by atoms with Crippen LogP contribution >= 0.6 is 0 Å². The molecule has 0 aromatic heterocycles. The Hall–Kier alpha value is -1.83. The highest BCUT2D eigenvalue weighted by atomic mass is 32.2. The van der Waals surface area contributed by atoms with E-state index in [9.17, 15) is 26.0 Å². The number of alkyl halides is 3. The molecular formula is C11H11F4N3O2S. The number of rotatable bonds is 4. The molecule has 5 nitrogen and oxygen atoms in total. The van der Waals surface area contributed by atoms with E-state index in [4.69, 9.17) is 5.73 Å². The van der Waals surface area contributed by atoms with E-state index in [1.807, 2.05) is 4.72 Å². The predicted octanol–water partition coefficient (Wildman–Crippen LogP) is 0.945. The van der Waals surface area contributed by atoms with Crippen LogP contribution in [0.1, 0.15) is 5.56 Å². The van der Waals surface area contributed by atoms with Gasteiger partial charge in [0.05, 0.1) is 17.8 Å². The van der Waals surface area contributed by atoms with Gasteiger partial charge in [-0.3, -0.25) is 4.72 Å². The monoisotopic (exact) mass is 325 g/mol. The van der Waals surface area contributed by atoms with E-state index in [0.29, 0.717) is 0 Å². The van der Waals surface area contributed by atoms with Gasteiger partial charge in [0.25, 0.3) is 10.2 Å². The van der Waals surface area contributed by atoms with E-state index in [-0.39, 0.29) is 17.8 Å². The molecule has 21 heavy (non-hydrogen) atoms. The van der Waals surface area contributed by atoms with Crippen molar-refractivity contribution < 1.29 is 26.0 Å². The smallest absolute Gasteiger partial charge is 0.320 e. The zero-order chi connectivity index (χ0) is 16.1. The van der Waals surface area contributed by atoms with Crippen LogP contribution in [0.2, 0.25) is 0 Å². The van der Waals surface area contributed by atoms with Crippen LogP contribution in [-0.4, -0.2) is 27.7 Å². The molecule has 10 heteroatoms. The molecule has 0 aliphatic carbocycles. The van der Waals surface area contributed by atoms with Gasteiger partial charge < -0.3 is 5.73 Å². The van der Waals surface area contributed by atoms with Crippen LogP contribution in [0, 0.1) is 17.7 Å². The third kappa shape index (κ3) is 6.44. The minimum atomic E-state index is -4.69. The van der Waals surface area contributed by atoms with Crippen molar-refractivity contribution in [2.75, 3.05) is 17.8 Å². The quantitative estimate of drug-likeness (QED) is 0.569. The second-order valence-corrected chi connectivity index (χ2v) is 5.24. The van der Waals surface area contributed by atoms with Crippen LogP contribution in [0.25, 0.3) is 0 Å². The molecule has 0 saturated carbocycles. The molecule has 0 spiro atoms. The van der Waals surface area contributed by atoms with Crippen LogP contribution in [0.3, 0.4) is 0 Å². The number of halogens is 4. The normalized spacial score (nSPS) is 11.7. The highest BCUT2D eigenvalue weighted by Crippen LogP contribution is 2.18. The summed E-state index contributed by atoms with van der Waals surface area (Å²) in [7, 11) is -4.47. The lowest BCUT2D eigenvalue weighted by Gasteiger charge is -2.12. The van der Waals surface area contributed by atoms with Crippen molar-refractivity contribution in [3.63, 3.8) is 0 Å². The Morgan fingerprint density at radius 1 is 1.29 bits per heavy atom. The molecule has 0 radical (unpaired) electrons. The Balaban J connectivity index is 2.96. The lowest BCUT2D eigenvalue weighted by Crippen LogP contribution is -2.37. The van der Waals surface area contributed by atoms with Gasteiger partial charge in [-0.15, -0.1) is 0 Å². The third-order valence-corrected chi connectivity index (χ3v) is 3.03. The number of nitrogens with two attached hydrogens (primary N) is 1. The fraction of sp³-hybridized carbons (Fsp3) is 0.273. The van der Waals surface area contributed by atoms with Gasteiger partial charge in [0, 0.05) is 0 Å². The van der Waals surface area contributed by atoms with Gasteiger partial charge >= 0.3 is 6.18 Å². The molecule has 0 heterocycles. The maximum absolute atomic E-state index is 13.1. The molecule has 0 unspecified atom stereocenters. The molecule has 0 fully saturated rings. The molecule has 0 bridgehead atoms. The molecule has 1 rings (SSSR count). The number of nitrogens with one attached hydrogen (secondary N) is 2. The first-order valence-electron chi connectivity index (χ1n) is 5.45. The SMILES string of the molecule is NCC#Cc1cc(F)ccc1NS(=O)(=O)NCC(F)(F)F. The molecule has 1 aromatic rings. The lowest BCUT2D eigenvalue weighted by molar-refractivity contribution is -0.121. The molecule has 0 aliphatic heterocycles. The maximum atomic E-state index is 13.1. The third-order valence-electron chi connectivity index (χ3n) is 2.01. The number of benzene rings is 1. The second-order valence-electron chi connectivity index (χ2n) is 3.74. The minimum absolute atomic E-state index is 0.0437. The van der Waals surface area contributed by atoms with Gasteiger partial charge in [-0.2, -0.15) is 26.3 Å². The number of anilines is 1. The summed E-state index contributed by atoms with van der Waals surface area (Å²) in [5.41, 5.74) is 4.94. The average Bonchev–Trinajstić information content (AvgIpc) is 2.36. The first-order chi connectivity index (χ1) is 9.63. The summed E-state index contributed by atoms with van der Waals surface area (Å²) >= 11 is 0. The van der Waals surface area contributed by atoms with Crippen molar-refractivity contribution in [2.24, 2.45) is 5.73 Å². The molecule has 0 atom stereocenters. The largest absolute Gasteiger partial charge is 0.402 e. The Kier molecular flexibility index (Phi) is 5.54. The molecule has 4 N–H and O–H groups in total. The summed E-state index contributed by atoms with van der Waals surface area (Å²) < 4.78 is 75.1. The Morgan fingerprint density at radius 3 is 2.52 bits per heavy atom. The average molecular weight is 325 g/mol. The van der Waals surface area contributed by atoms with Gasteiger partial charge in [0.15, 0.2) is 0 Å². The maximum Gasteiger partial charge on any atom is 0.402 e. The van der Waals surface area contributed by atoms with Crippen molar-refractivity contribution in [2.45, 2.75) is 6.18 Å². The topological polar surface area (TPSA) is 84.2 Å². The Labute approximate surface area is 118 Å². The molecule has 1 aromatic carbocycles. The predicted molar refractivity (Wildman–Crippen MR) is 68.9 cm³/mol. The Bertz CT molecular complexity index is 662. The summed E-state index contributed by atoms with van der Waals surface area (Å²) in [5.74, 6) is 4.13. The summed E-state index contributed by atoms with van der Waals surface area (Å²) in [6, 6.07) is 2.92. The minimum Gasteiger partial charge on any atom is -0.320 e. The van der Waals surface area contributed by atoms with E-state index in [1.54, 1.807) is 0 Å². The molecular weight excluding hydrogens is 314 g/mol. The Morgan fingerprint density at radius 2 is 1.95 bits per heavy atom. The summed E-state index contributed by atoms with van der Waals surface area (Å²) in [5, 5.41) is 0. The summed E-state index contributed by atoms with van der Waals surface area (Å²) in [6.45, 7) is -1.78. The van der Waals surface area contributed by atoms with Crippen LogP contribution in [-0.2, 0) is 10.2 Å². The highest BCUT2D eigenvalue weighted by molar-refractivity contribution is 7.90. The standard InChI is InChI=1S/C11H11F4N3O2S/c12-9-3-4-10(8(6-9)2-1-5-16)18-21(19,20)17-7-11(13,14)15/h3-4,6,17-18H,5,7,16H2. The van der Waals surface area contributed by atoms with Crippen LogP contribution in [0.4, 0.5) is 23.2 Å². The molecule has 0 amide bonds. The van der Waals surface area contributed by atoms with Crippen molar-refractivity contribution in [1.29, 1.82) is 0 Å². The van der Waals surface area contributed by atoms with Gasteiger partial charge in [-0.25, -0.2) is 4.39 Å². The first-order valence-corrected chi connectivity index (χ1v) is 6.94. The summed E-state index contributed by atoms with van der Waals surface area (Å²) in [4.78, 5) is 0. The van der Waals surface area contributed by atoms with E-state index in [2.05, 4.69) is 11.8 Å². The lowest BCUT2D eigenvalue weighted by atomic mass is 10.2. The zero-order valence-corrected chi connectivity index (χ0v) is 11.3. The molecule has 116 valence electrons. The number of hydrogen-bond acceptors (Lipinski definition) is 3. The van der Waals surface area contributed by atoms with Crippen molar-refractivity contribution in [1.82, 2.24) is 4.72 Å². The molecule has 0 aliphatic rings. The number of hydrogen-bond donors (Lipinski definition) is 3. The first kappa shape index (κ1) is 17.2. The van der Waals surface area contributed by atoms with Gasteiger partial charge in [0.2, 0.25) is 0 Å². The highest BCUT2D eigenvalue weighted by Gasteiger charge is 2.29. The zero-order valence-electron chi connectivity index (χ0n) is 10.5. The van der Waals surface area contributed by atoms with Crippen LogP contribution in [0.15, 0.2) is 18.2 Å². The van der Waals surface area contributed by atoms with E-state index in [1.165, 1.54) is 4.72 Å². The van der Waals surface area contributed by atoms with Gasteiger partial charge in [-0.05, 0) is 18.2 Å². The van der Waals surface area contributed by atoms with Gasteiger partial charge in [0.1, 0.15) is 12.4 Å². The fourth-order valence-electron chi connectivity index (χ4n) is 1.21. The van der Waals surface area contributed by atoms with Crippen molar-refractivity contribution in [3.8, 4) is 11.8 Å². The second kappa shape index (κ2) is 6.75. The van der Waals surface area contributed by atoms with Crippen LogP contribution in [0.5, 0.6) is 0 Å². The van der Waals surface area contributed by atoms with E-state index in [0.717, 1.165) is 18.2 Å². The van der Waals surface area contributed by atoms with E-state index < -0.39 is 28.7 Å². The van der Waals surface area contributed by atoms with Gasteiger partial charge in [-0.1, -0.05) is 11.8 Å². The van der Waals surface area contributed by atoms with Crippen LogP contribution < -0.4 is 15.2 Å². The fourth-order valence-corrected chi connectivity index (χ4v) is 2.11. The van der Waals surface area contributed by atoms with Crippen molar-refractivity contribution in [3.05, 3.63) is 29.6 Å². The summed E-state index contributed by atoms with van der Waals surface area (Å²) in [6.07, 6.45) is -4.69. The van der Waals surface area contributed by atoms with E-state index >= 15 is 0 Å².